The molecule has 2 unspecified atom stereocenters. The van der Waals surface area contributed by atoms with Crippen LogP contribution in [0.3, 0.4) is 0 Å². The first kappa shape index (κ1) is 14.8. The Bertz CT molecular complexity index is 480. The number of hydrogen-bond donors (Lipinski definition) is 3. The third-order valence-corrected chi connectivity index (χ3v) is 4.26. The highest BCUT2D eigenvalue weighted by Crippen LogP contribution is 2.32. The van der Waals surface area contributed by atoms with Gasteiger partial charge in [-0.1, -0.05) is 25.8 Å². The molecule has 1 aromatic rings. The molecular weight excluding hydrogens is 257 g/mol. The van der Waals surface area contributed by atoms with Gasteiger partial charge in [0.2, 0.25) is 0 Å². The van der Waals surface area contributed by atoms with Gasteiger partial charge in [0.15, 0.2) is 0 Å². The lowest BCUT2D eigenvalue weighted by Gasteiger charge is -2.42. The average Bonchev–Trinajstić information content (AvgIpc) is 2.41. The van der Waals surface area contributed by atoms with Crippen molar-refractivity contribution in [1.29, 1.82) is 0 Å². The Kier molecular flexibility index (Phi) is 4.60. The molecule has 2 amide bonds. The van der Waals surface area contributed by atoms with Crippen LogP contribution in [0.15, 0.2) is 24.3 Å². The predicted molar refractivity (Wildman–Crippen MR) is 78.0 cm³/mol. The summed E-state index contributed by atoms with van der Waals surface area (Å²) in [6.45, 7) is 2.54. The predicted octanol–water partition coefficient (Wildman–Crippen LogP) is 2.85. The van der Waals surface area contributed by atoms with Crippen LogP contribution in [0.2, 0.25) is 0 Å². The molecule has 0 heterocycles. The molecule has 0 bridgehead atoms. The summed E-state index contributed by atoms with van der Waals surface area (Å²) in [5.41, 5.74) is 5.98. The minimum atomic E-state index is -0.373. The fourth-order valence-corrected chi connectivity index (χ4v) is 2.91. The molecule has 2 atom stereocenters. The van der Waals surface area contributed by atoms with Gasteiger partial charge < -0.3 is 16.4 Å². The maximum absolute atomic E-state index is 13.1. The minimum Gasteiger partial charge on any atom is -0.331 e. The number of rotatable bonds is 3. The van der Waals surface area contributed by atoms with E-state index in [0.717, 1.165) is 19.3 Å². The van der Waals surface area contributed by atoms with Crippen molar-refractivity contribution in [3.8, 4) is 0 Å². The van der Waals surface area contributed by atoms with Crippen molar-refractivity contribution in [3.05, 3.63) is 30.1 Å². The van der Waals surface area contributed by atoms with Gasteiger partial charge in [-0.05, 0) is 37.0 Å². The Morgan fingerprint density at radius 3 is 2.95 bits per heavy atom. The minimum absolute atomic E-state index is 0.324. The van der Waals surface area contributed by atoms with Gasteiger partial charge >= 0.3 is 6.03 Å². The van der Waals surface area contributed by atoms with Gasteiger partial charge in [0, 0.05) is 12.2 Å². The zero-order valence-corrected chi connectivity index (χ0v) is 11.8. The van der Waals surface area contributed by atoms with E-state index in [4.69, 9.17) is 5.73 Å². The molecule has 4 nitrogen and oxygen atoms in total. The summed E-state index contributed by atoms with van der Waals surface area (Å²) in [6.07, 6.45) is 4.20. The first-order valence-corrected chi connectivity index (χ1v) is 7.10. The first-order chi connectivity index (χ1) is 9.55. The van der Waals surface area contributed by atoms with Crippen LogP contribution < -0.4 is 16.4 Å². The van der Waals surface area contributed by atoms with E-state index in [1.807, 2.05) is 0 Å². The van der Waals surface area contributed by atoms with Gasteiger partial charge in [-0.2, -0.15) is 0 Å². The van der Waals surface area contributed by atoms with Gasteiger partial charge in [-0.3, -0.25) is 0 Å². The van der Waals surface area contributed by atoms with Gasteiger partial charge in [-0.15, -0.1) is 0 Å². The Morgan fingerprint density at radius 2 is 2.30 bits per heavy atom. The number of amides is 2. The molecule has 1 saturated carbocycles. The molecule has 0 aliphatic heterocycles. The summed E-state index contributed by atoms with van der Waals surface area (Å²) in [7, 11) is 0. The van der Waals surface area contributed by atoms with E-state index >= 15 is 0 Å². The number of hydrogen-bond acceptors (Lipinski definition) is 2. The smallest absolute Gasteiger partial charge is 0.319 e. The van der Waals surface area contributed by atoms with E-state index in [-0.39, 0.29) is 17.4 Å². The normalized spacial score (nSPS) is 26.1. The van der Waals surface area contributed by atoms with Crippen molar-refractivity contribution >= 4 is 11.7 Å². The van der Waals surface area contributed by atoms with E-state index in [9.17, 15) is 9.18 Å². The van der Waals surface area contributed by atoms with Crippen molar-refractivity contribution in [1.82, 2.24) is 5.32 Å². The molecule has 5 heteroatoms. The van der Waals surface area contributed by atoms with Crippen LogP contribution in [0.25, 0.3) is 0 Å². The van der Waals surface area contributed by atoms with Crippen LogP contribution in [0.1, 0.15) is 32.6 Å². The zero-order valence-electron chi connectivity index (χ0n) is 11.8. The molecule has 0 aromatic heterocycles. The largest absolute Gasteiger partial charge is 0.331 e. The topological polar surface area (TPSA) is 67.1 Å². The lowest BCUT2D eigenvalue weighted by molar-refractivity contribution is 0.166. The molecule has 2 rings (SSSR count). The summed E-state index contributed by atoms with van der Waals surface area (Å²) in [5, 5.41) is 5.67. The highest BCUT2D eigenvalue weighted by atomic mass is 19.1. The summed E-state index contributed by atoms with van der Waals surface area (Å²) in [6, 6.07) is 5.52. The van der Waals surface area contributed by atoms with Crippen molar-refractivity contribution in [2.75, 3.05) is 11.9 Å². The lowest BCUT2D eigenvalue weighted by Crippen LogP contribution is -2.60. The van der Waals surface area contributed by atoms with E-state index in [0.29, 0.717) is 18.2 Å². The summed E-state index contributed by atoms with van der Waals surface area (Å²) < 4.78 is 13.1. The molecule has 0 saturated heterocycles. The number of nitrogens with one attached hydrogen (secondary N) is 2. The van der Waals surface area contributed by atoms with Crippen LogP contribution in [0, 0.1) is 11.7 Å². The van der Waals surface area contributed by atoms with Gasteiger partial charge in [-0.25, -0.2) is 9.18 Å². The molecule has 1 aliphatic rings. The van der Waals surface area contributed by atoms with Crippen molar-refractivity contribution in [2.24, 2.45) is 11.7 Å². The van der Waals surface area contributed by atoms with Crippen LogP contribution in [-0.4, -0.2) is 18.1 Å². The van der Waals surface area contributed by atoms with Crippen molar-refractivity contribution in [3.63, 3.8) is 0 Å². The quantitative estimate of drug-likeness (QED) is 0.796. The highest BCUT2D eigenvalue weighted by molar-refractivity contribution is 5.89. The molecule has 110 valence electrons. The third kappa shape index (κ3) is 3.28. The van der Waals surface area contributed by atoms with Crippen molar-refractivity contribution in [2.45, 2.75) is 38.1 Å². The second-order valence-electron chi connectivity index (χ2n) is 5.60. The molecule has 4 N–H and O–H groups in total. The monoisotopic (exact) mass is 279 g/mol. The highest BCUT2D eigenvalue weighted by Gasteiger charge is 2.38. The molecular formula is C15H22FN3O. The lowest BCUT2D eigenvalue weighted by atomic mass is 9.73. The van der Waals surface area contributed by atoms with Gasteiger partial charge in [0.25, 0.3) is 0 Å². The standard InChI is InChI=1S/C15H22FN3O/c1-11-5-2-3-8-15(11,10-17)19-14(20)18-13-7-4-6-12(16)9-13/h4,6-7,9,11H,2-3,5,8,10,17H2,1H3,(H2,18,19,20). The molecule has 1 aromatic carbocycles. The fraction of sp³-hybridized carbons (Fsp3) is 0.533. The Hall–Kier alpha value is -1.62. The maximum Gasteiger partial charge on any atom is 0.319 e. The van der Waals surface area contributed by atoms with Gasteiger partial charge in [0.1, 0.15) is 5.82 Å². The van der Waals surface area contributed by atoms with E-state index < -0.39 is 0 Å². The number of carbonyl (C=O) groups is 1. The van der Waals surface area contributed by atoms with Crippen LogP contribution in [0.5, 0.6) is 0 Å². The number of halogens is 1. The maximum atomic E-state index is 13.1. The number of urea groups is 1. The Balaban J connectivity index is 2.02. The number of carbonyl (C=O) groups excluding carboxylic acids is 1. The summed E-state index contributed by atoms with van der Waals surface area (Å²) in [5.74, 6) is -0.0260. The molecule has 20 heavy (non-hydrogen) atoms. The van der Waals surface area contributed by atoms with E-state index in [2.05, 4.69) is 17.6 Å². The van der Waals surface area contributed by atoms with E-state index in [1.54, 1.807) is 12.1 Å². The number of benzene rings is 1. The second kappa shape index (κ2) is 6.22. The van der Waals surface area contributed by atoms with E-state index in [1.165, 1.54) is 18.6 Å². The summed E-state index contributed by atoms with van der Waals surface area (Å²) >= 11 is 0. The van der Waals surface area contributed by atoms with Crippen LogP contribution in [0.4, 0.5) is 14.9 Å². The first-order valence-electron chi connectivity index (χ1n) is 7.10. The van der Waals surface area contributed by atoms with Crippen LogP contribution in [-0.2, 0) is 0 Å². The molecule has 0 radical (unpaired) electrons. The van der Waals surface area contributed by atoms with Gasteiger partial charge in [0.05, 0.1) is 5.54 Å². The molecule has 1 fully saturated rings. The summed E-state index contributed by atoms with van der Waals surface area (Å²) in [4.78, 5) is 12.1. The third-order valence-electron chi connectivity index (χ3n) is 4.26. The van der Waals surface area contributed by atoms with Crippen molar-refractivity contribution < 1.29 is 9.18 Å². The molecule has 0 spiro atoms. The number of nitrogens with two attached hydrogens (primary N) is 1. The Morgan fingerprint density at radius 1 is 1.50 bits per heavy atom. The van der Waals surface area contributed by atoms with Crippen LogP contribution >= 0.6 is 0 Å². The SMILES string of the molecule is CC1CCCCC1(CN)NC(=O)Nc1cccc(F)c1. The zero-order chi connectivity index (χ0) is 14.6. The fourth-order valence-electron chi connectivity index (χ4n) is 2.91. The average molecular weight is 279 g/mol. The molecule has 1 aliphatic carbocycles. The number of anilines is 1. The Labute approximate surface area is 118 Å². The second-order valence-corrected chi connectivity index (χ2v) is 5.60.